The highest BCUT2D eigenvalue weighted by Crippen LogP contribution is 2.29. The molecule has 0 radical (unpaired) electrons. The molecule has 6 nitrogen and oxygen atoms in total. The lowest BCUT2D eigenvalue weighted by atomic mass is 10.2. The Kier molecular flexibility index (Phi) is 5.96. The summed E-state index contributed by atoms with van der Waals surface area (Å²) in [5.74, 6) is -0.116. The van der Waals surface area contributed by atoms with Crippen LogP contribution in [0.15, 0.2) is 6.07 Å². The van der Waals surface area contributed by atoms with E-state index in [0.29, 0.717) is 6.42 Å². The van der Waals surface area contributed by atoms with Crippen molar-refractivity contribution in [2.24, 2.45) is 0 Å². The standard InChI is InChI=1S/C11H17F3N4O2/c1-15-10-17-8(11(12,13)14)5-9(18-10)16-7(3-4-19)6-20-2/h5,7,19H,3-4,6H2,1-2H3,(H2,15,16,17,18). The molecule has 1 atom stereocenters. The first kappa shape index (κ1) is 16.4. The van der Waals surface area contributed by atoms with Crippen molar-refractivity contribution in [2.75, 3.05) is 38.0 Å². The predicted octanol–water partition coefficient (Wildman–Crippen LogP) is 1.35. The molecule has 3 N–H and O–H groups in total. The van der Waals surface area contributed by atoms with Gasteiger partial charge in [0.1, 0.15) is 5.82 Å². The van der Waals surface area contributed by atoms with Crippen molar-refractivity contribution in [1.82, 2.24) is 9.97 Å². The Morgan fingerprint density at radius 1 is 1.40 bits per heavy atom. The fourth-order valence-corrected chi connectivity index (χ4v) is 1.54. The van der Waals surface area contributed by atoms with E-state index < -0.39 is 11.9 Å². The van der Waals surface area contributed by atoms with Gasteiger partial charge in [0.05, 0.1) is 12.6 Å². The van der Waals surface area contributed by atoms with E-state index in [1.54, 1.807) is 0 Å². The lowest BCUT2D eigenvalue weighted by Crippen LogP contribution is -2.27. The number of halogens is 3. The van der Waals surface area contributed by atoms with Crippen molar-refractivity contribution in [3.05, 3.63) is 11.8 Å². The molecule has 114 valence electrons. The number of aliphatic hydroxyl groups is 1. The molecule has 0 spiro atoms. The highest BCUT2D eigenvalue weighted by Gasteiger charge is 2.33. The molecule has 0 saturated carbocycles. The fraction of sp³-hybridized carbons (Fsp3) is 0.636. The van der Waals surface area contributed by atoms with Gasteiger partial charge in [-0.15, -0.1) is 0 Å². The monoisotopic (exact) mass is 294 g/mol. The largest absolute Gasteiger partial charge is 0.433 e. The van der Waals surface area contributed by atoms with Crippen molar-refractivity contribution in [3.8, 4) is 0 Å². The van der Waals surface area contributed by atoms with Gasteiger partial charge in [-0.1, -0.05) is 0 Å². The second-order valence-electron chi connectivity index (χ2n) is 4.02. The van der Waals surface area contributed by atoms with E-state index in [2.05, 4.69) is 20.6 Å². The number of rotatable bonds is 7. The number of nitrogens with zero attached hydrogens (tertiary/aromatic N) is 2. The molecule has 9 heteroatoms. The maximum atomic E-state index is 12.7. The Hall–Kier alpha value is -1.61. The number of aromatic nitrogens is 2. The molecule has 0 aliphatic heterocycles. The van der Waals surface area contributed by atoms with Crippen LogP contribution in [0.5, 0.6) is 0 Å². The van der Waals surface area contributed by atoms with Crippen LogP contribution in [0.2, 0.25) is 0 Å². The first-order chi connectivity index (χ1) is 9.40. The normalized spacial score (nSPS) is 13.1. The summed E-state index contributed by atoms with van der Waals surface area (Å²) < 4.78 is 43.0. The van der Waals surface area contributed by atoms with E-state index in [1.807, 2.05) is 0 Å². The van der Waals surface area contributed by atoms with Crippen LogP contribution in [0, 0.1) is 0 Å². The molecule has 20 heavy (non-hydrogen) atoms. The number of hydrogen-bond acceptors (Lipinski definition) is 6. The molecule has 1 aromatic rings. The number of anilines is 2. The summed E-state index contributed by atoms with van der Waals surface area (Å²) in [4.78, 5) is 7.25. The second-order valence-corrected chi connectivity index (χ2v) is 4.02. The van der Waals surface area contributed by atoms with Crippen LogP contribution in [0.25, 0.3) is 0 Å². The van der Waals surface area contributed by atoms with Crippen LogP contribution < -0.4 is 10.6 Å². The molecule has 0 aliphatic carbocycles. The summed E-state index contributed by atoms with van der Waals surface area (Å²) in [5.41, 5.74) is -1.04. The lowest BCUT2D eigenvalue weighted by molar-refractivity contribution is -0.141. The lowest BCUT2D eigenvalue weighted by Gasteiger charge is -2.18. The van der Waals surface area contributed by atoms with E-state index in [9.17, 15) is 13.2 Å². The third-order valence-corrected chi connectivity index (χ3v) is 2.44. The topological polar surface area (TPSA) is 79.3 Å². The highest BCUT2D eigenvalue weighted by atomic mass is 19.4. The minimum Gasteiger partial charge on any atom is -0.396 e. The van der Waals surface area contributed by atoms with Gasteiger partial charge in [0, 0.05) is 26.8 Å². The average molecular weight is 294 g/mol. The molecule has 0 aliphatic rings. The van der Waals surface area contributed by atoms with Crippen molar-refractivity contribution in [2.45, 2.75) is 18.6 Å². The summed E-state index contributed by atoms with van der Waals surface area (Å²) in [7, 11) is 2.89. The fourth-order valence-electron chi connectivity index (χ4n) is 1.54. The van der Waals surface area contributed by atoms with Crippen molar-refractivity contribution in [3.63, 3.8) is 0 Å². The van der Waals surface area contributed by atoms with Crippen LogP contribution in [0.4, 0.5) is 24.9 Å². The molecule has 1 rings (SSSR count). The smallest absolute Gasteiger partial charge is 0.396 e. The molecular weight excluding hydrogens is 277 g/mol. The van der Waals surface area contributed by atoms with Crippen LogP contribution in [0.3, 0.4) is 0 Å². The highest BCUT2D eigenvalue weighted by molar-refractivity contribution is 5.43. The minimum absolute atomic E-state index is 0.0205. The van der Waals surface area contributed by atoms with E-state index in [4.69, 9.17) is 9.84 Å². The Labute approximate surface area is 114 Å². The van der Waals surface area contributed by atoms with Gasteiger partial charge in [-0.3, -0.25) is 0 Å². The van der Waals surface area contributed by atoms with Crippen molar-refractivity contribution in [1.29, 1.82) is 0 Å². The summed E-state index contributed by atoms with van der Waals surface area (Å²) >= 11 is 0. The molecule has 1 aromatic heterocycles. The Morgan fingerprint density at radius 2 is 2.10 bits per heavy atom. The van der Waals surface area contributed by atoms with Gasteiger partial charge in [0.15, 0.2) is 5.69 Å². The molecule has 0 bridgehead atoms. The van der Waals surface area contributed by atoms with Gasteiger partial charge in [-0.2, -0.15) is 18.2 Å². The summed E-state index contributed by atoms with van der Waals surface area (Å²) in [6.45, 7) is 0.123. The quantitative estimate of drug-likeness (QED) is 0.704. The number of aliphatic hydroxyl groups excluding tert-OH is 1. The first-order valence-corrected chi connectivity index (χ1v) is 5.91. The Bertz CT molecular complexity index is 423. The summed E-state index contributed by atoms with van der Waals surface area (Å²) in [5, 5.41) is 14.2. The molecule has 0 saturated heterocycles. The third-order valence-electron chi connectivity index (χ3n) is 2.44. The zero-order valence-electron chi connectivity index (χ0n) is 11.2. The van der Waals surface area contributed by atoms with Crippen LogP contribution >= 0.6 is 0 Å². The molecule has 1 unspecified atom stereocenters. The Morgan fingerprint density at radius 3 is 2.60 bits per heavy atom. The third kappa shape index (κ3) is 4.82. The van der Waals surface area contributed by atoms with Gasteiger partial charge in [0.25, 0.3) is 0 Å². The van der Waals surface area contributed by atoms with Crippen LogP contribution in [-0.4, -0.2) is 48.5 Å². The SMILES string of the molecule is CNc1nc(NC(CCO)COC)cc(C(F)(F)F)n1. The predicted molar refractivity (Wildman–Crippen MR) is 67.6 cm³/mol. The van der Waals surface area contributed by atoms with Crippen LogP contribution in [-0.2, 0) is 10.9 Å². The minimum atomic E-state index is -4.56. The van der Waals surface area contributed by atoms with Crippen molar-refractivity contribution < 1.29 is 23.0 Å². The molecule has 0 amide bonds. The number of nitrogens with one attached hydrogen (secondary N) is 2. The number of alkyl halides is 3. The maximum absolute atomic E-state index is 12.7. The zero-order valence-corrected chi connectivity index (χ0v) is 11.2. The average Bonchev–Trinajstić information content (AvgIpc) is 2.38. The summed E-state index contributed by atoms with van der Waals surface area (Å²) in [6, 6.07) is 0.478. The number of methoxy groups -OCH3 is 1. The van der Waals surface area contributed by atoms with E-state index >= 15 is 0 Å². The molecular formula is C11H17F3N4O2. The zero-order chi connectivity index (χ0) is 15.2. The van der Waals surface area contributed by atoms with Crippen molar-refractivity contribution >= 4 is 11.8 Å². The van der Waals surface area contributed by atoms with Gasteiger partial charge in [0.2, 0.25) is 5.95 Å². The molecule has 0 aromatic carbocycles. The first-order valence-electron chi connectivity index (χ1n) is 5.91. The molecule has 1 heterocycles. The van der Waals surface area contributed by atoms with Gasteiger partial charge < -0.3 is 20.5 Å². The van der Waals surface area contributed by atoms with Gasteiger partial charge in [-0.25, -0.2) is 4.98 Å². The van der Waals surface area contributed by atoms with Crippen LogP contribution in [0.1, 0.15) is 12.1 Å². The van der Waals surface area contributed by atoms with E-state index in [1.165, 1.54) is 14.2 Å². The maximum Gasteiger partial charge on any atom is 0.433 e. The molecule has 0 fully saturated rings. The van der Waals surface area contributed by atoms with Gasteiger partial charge in [-0.05, 0) is 6.42 Å². The number of hydrogen-bond donors (Lipinski definition) is 3. The van der Waals surface area contributed by atoms with E-state index in [-0.39, 0.29) is 31.0 Å². The van der Waals surface area contributed by atoms with E-state index in [0.717, 1.165) is 6.07 Å². The van der Waals surface area contributed by atoms with Gasteiger partial charge >= 0.3 is 6.18 Å². The summed E-state index contributed by atoms with van der Waals surface area (Å²) in [6.07, 6.45) is -4.23. The second kappa shape index (κ2) is 7.25. The number of ether oxygens (including phenoxy) is 1. The Balaban J connectivity index is 2.98.